The van der Waals surface area contributed by atoms with Gasteiger partial charge in [-0.25, -0.2) is 0 Å². The van der Waals surface area contributed by atoms with E-state index in [-0.39, 0.29) is 44.4 Å². The number of rotatable bonds is 11. The van der Waals surface area contributed by atoms with Crippen LogP contribution < -0.4 is 5.32 Å². The molecule has 2 fully saturated rings. The van der Waals surface area contributed by atoms with Gasteiger partial charge in [-0.15, -0.1) is 0 Å². The minimum absolute atomic E-state index is 0.0288. The first-order valence-corrected chi connectivity index (χ1v) is 17.6. The molecule has 8 nitrogen and oxygen atoms in total. The van der Waals surface area contributed by atoms with Crippen molar-refractivity contribution in [2.24, 2.45) is 0 Å². The second kappa shape index (κ2) is 16.4. The molecular formula is C41H44F3N3O5. The van der Waals surface area contributed by atoms with E-state index in [1.807, 2.05) is 91.0 Å². The zero-order chi connectivity index (χ0) is 36.8. The maximum atomic E-state index is 13.0. The number of alkyl halides is 3. The lowest BCUT2D eigenvalue weighted by Crippen LogP contribution is -2.50. The Hall–Kier alpha value is -4.55. The number of carbonyl (C=O) groups excluding carboxylic acids is 2. The molecule has 4 aromatic rings. The maximum Gasteiger partial charge on any atom is 0.471 e. The van der Waals surface area contributed by atoms with Crippen molar-refractivity contribution in [3.63, 3.8) is 0 Å². The molecule has 4 aromatic carbocycles. The van der Waals surface area contributed by atoms with Crippen molar-refractivity contribution in [1.29, 1.82) is 0 Å². The average molecular weight is 716 g/mol. The van der Waals surface area contributed by atoms with Crippen molar-refractivity contribution < 1.29 is 37.3 Å². The first-order chi connectivity index (χ1) is 25.0. The first kappa shape index (κ1) is 37.2. The van der Waals surface area contributed by atoms with Crippen LogP contribution in [0.15, 0.2) is 103 Å². The number of amides is 2. The minimum atomic E-state index is -5.02. The van der Waals surface area contributed by atoms with E-state index in [1.165, 1.54) is 5.56 Å². The topological polar surface area (TPSA) is 91.3 Å². The van der Waals surface area contributed by atoms with E-state index in [9.17, 15) is 27.9 Å². The van der Waals surface area contributed by atoms with Gasteiger partial charge in [-0.2, -0.15) is 13.2 Å². The minimum Gasteiger partial charge on any atom is -0.392 e. The molecule has 2 heterocycles. The fourth-order valence-electron chi connectivity index (χ4n) is 6.94. The second-order valence-electron chi connectivity index (χ2n) is 13.6. The predicted molar refractivity (Wildman–Crippen MR) is 190 cm³/mol. The third kappa shape index (κ3) is 8.90. The number of hydrogen-bond acceptors (Lipinski definition) is 6. The van der Waals surface area contributed by atoms with Crippen molar-refractivity contribution in [2.75, 3.05) is 20.1 Å². The molecule has 52 heavy (non-hydrogen) atoms. The lowest BCUT2D eigenvalue weighted by Gasteiger charge is -2.39. The summed E-state index contributed by atoms with van der Waals surface area (Å²) in [7, 11) is 2.10. The summed E-state index contributed by atoms with van der Waals surface area (Å²) < 4.78 is 52.3. The van der Waals surface area contributed by atoms with Crippen LogP contribution in [0.25, 0.3) is 11.1 Å². The maximum absolute atomic E-state index is 13.0. The van der Waals surface area contributed by atoms with Gasteiger partial charge in [-0.05, 0) is 66.3 Å². The van der Waals surface area contributed by atoms with Crippen molar-refractivity contribution in [1.82, 2.24) is 15.1 Å². The second-order valence-corrected chi connectivity index (χ2v) is 13.6. The Morgan fingerprint density at radius 1 is 0.904 bits per heavy atom. The summed E-state index contributed by atoms with van der Waals surface area (Å²) in [5.41, 5.74) is 6.53. The van der Waals surface area contributed by atoms with Gasteiger partial charge in [0.1, 0.15) is 6.04 Å². The van der Waals surface area contributed by atoms with Gasteiger partial charge in [-0.1, -0.05) is 97.1 Å². The fraction of sp³-hybridized carbons (Fsp3) is 0.366. The SMILES string of the molecule is C[C@@H](c1ccccc1)N(C)C[C@@H]1C[C@H](c2ccc(CO)cc2)O[C@H](c2ccc(-c3cccc(CNC(=O)[C@@H]4CCCN4C(=O)C(F)(F)F)c3)cc2)O1. The van der Waals surface area contributed by atoms with E-state index < -0.39 is 30.3 Å². The van der Waals surface area contributed by atoms with E-state index in [2.05, 4.69) is 36.3 Å². The van der Waals surface area contributed by atoms with Gasteiger partial charge in [0.05, 0.1) is 18.8 Å². The molecule has 0 bridgehead atoms. The van der Waals surface area contributed by atoms with E-state index in [4.69, 9.17) is 9.47 Å². The molecule has 5 atom stereocenters. The van der Waals surface area contributed by atoms with Crippen LogP contribution in [0.1, 0.15) is 72.4 Å². The van der Waals surface area contributed by atoms with Crippen molar-refractivity contribution in [3.8, 4) is 11.1 Å². The van der Waals surface area contributed by atoms with Gasteiger partial charge in [0, 0.05) is 37.7 Å². The third-order valence-electron chi connectivity index (χ3n) is 10.0. The first-order valence-electron chi connectivity index (χ1n) is 17.6. The molecule has 0 spiro atoms. The monoisotopic (exact) mass is 715 g/mol. The number of nitrogens with zero attached hydrogens (tertiary/aromatic N) is 2. The average Bonchev–Trinajstić information content (AvgIpc) is 3.66. The van der Waals surface area contributed by atoms with Gasteiger partial charge in [-0.3, -0.25) is 14.5 Å². The highest BCUT2D eigenvalue weighted by Crippen LogP contribution is 2.39. The Kier molecular flexibility index (Phi) is 11.7. The van der Waals surface area contributed by atoms with Gasteiger partial charge in [0.25, 0.3) is 0 Å². The standard InChI is InChI=1S/C41H44F3N3O5/c1-27(30-9-4-3-5-10-30)46(2)25-35-23-37(32-15-13-28(26-48)14-16-32)52-39(51-35)33-19-17-31(18-20-33)34-11-6-8-29(22-34)24-45-38(49)36-12-7-21-47(36)40(50)41(42,43)44/h3-6,8-11,13-20,22,27,35-37,39,48H,7,12,21,23-26H2,1-2H3,(H,45,49)/t27-,35-,36-,37+,39+/m0/s1. The number of likely N-dealkylation sites (tertiary alicyclic amines) is 1. The number of hydrogen-bond donors (Lipinski definition) is 2. The van der Waals surface area contributed by atoms with E-state index in [0.29, 0.717) is 24.3 Å². The summed E-state index contributed by atoms with van der Waals surface area (Å²) in [5, 5.41) is 12.3. The molecule has 2 aliphatic heterocycles. The summed E-state index contributed by atoms with van der Waals surface area (Å²) in [5.74, 6) is -2.58. The molecular weight excluding hydrogens is 671 g/mol. The smallest absolute Gasteiger partial charge is 0.392 e. The van der Waals surface area contributed by atoms with E-state index in [0.717, 1.165) is 33.4 Å². The van der Waals surface area contributed by atoms with Crippen LogP contribution in [0.2, 0.25) is 0 Å². The summed E-state index contributed by atoms with van der Waals surface area (Å²) in [6, 6.07) is 32.7. The molecule has 2 saturated heterocycles. The van der Waals surface area contributed by atoms with Crippen LogP contribution >= 0.6 is 0 Å². The van der Waals surface area contributed by atoms with Crippen molar-refractivity contribution >= 4 is 11.8 Å². The number of carbonyl (C=O) groups is 2. The largest absolute Gasteiger partial charge is 0.471 e. The number of nitrogens with one attached hydrogen (secondary N) is 1. The van der Waals surface area contributed by atoms with Crippen LogP contribution in [0, 0.1) is 0 Å². The molecule has 0 aliphatic carbocycles. The Morgan fingerprint density at radius 3 is 2.31 bits per heavy atom. The molecule has 6 rings (SSSR count). The Balaban J connectivity index is 1.14. The molecule has 0 unspecified atom stereocenters. The molecule has 274 valence electrons. The number of aliphatic hydroxyl groups excluding tert-OH is 1. The highest BCUT2D eigenvalue weighted by atomic mass is 19.4. The lowest BCUT2D eigenvalue weighted by atomic mass is 9.98. The molecule has 11 heteroatoms. The predicted octanol–water partition coefficient (Wildman–Crippen LogP) is 7.25. The van der Waals surface area contributed by atoms with Crippen LogP contribution in [0.5, 0.6) is 0 Å². The zero-order valence-corrected chi connectivity index (χ0v) is 29.3. The molecule has 0 radical (unpaired) electrons. The Labute approximate surface area is 302 Å². The Morgan fingerprint density at radius 2 is 1.62 bits per heavy atom. The van der Waals surface area contributed by atoms with Crippen LogP contribution in [-0.2, 0) is 32.2 Å². The number of benzene rings is 4. The third-order valence-corrected chi connectivity index (χ3v) is 10.0. The number of ether oxygens (including phenoxy) is 2. The molecule has 2 aliphatic rings. The van der Waals surface area contributed by atoms with Crippen LogP contribution in [0.4, 0.5) is 13.2 Å². The number of halogens is 3. The Bertz CT molecular complexity index is 1800. The normalized spacial score (nSPS) is 21.2. The van der Waals surface area contributed by atoms with E-state index >= 15 is 0 Å². The fourth-order valence-corrected chi connectivity index (χ4v) is 6.94. The van der Waals surface area contributed by atoms with Crippen molar-refractivity contribution in [3.05, 3.63) is 131 Å². The van der Waals surface area contributed by atoms with Crippen LogP contribution in [0.3, 0.4) is 0 Å². The van der Waals surface area contributed by atoms with Gasteiger partial charge in [0.15, 0.2) is 6.29 Å². The zero-order valence-electron chi connectivity index (χ0n) is 29.3. The highest BCUT2D eigenvalue weighted by Gasteiger charge is 2.47. The molecule has 2 amide bonds. The van der Waals surface area contributed by atoms with Crippen LogP contribution in [-0.4, -0.2) is 65.2 Å². The lowest BCUT2D eigenvalue weighted by molar-refractivity contribution is -0.253. The summed E-state index contributed by atoms with van der Waals surface area (Å²) >= 11 is 0. The summed E-state index contributed by atoms with van der Waals surface area (Å²) in [4.78, 5) is 27.5. The van der Waals surface area contributed by atoms with Gasteiger partial charge in [0.2, 0.25) is 5.91 Å². The summed E-state index contributed by atoms with van der Waals surface area (Å²) in [6.45, 7) is 2.86. The van der Waals surface area contributed by atoms with Gasteiger partial charge < -0.3 is 24.8 Å². The number of aliphatic hydroxyl groups is 1. The molecule has 0 aromatic heterocycles. The van der Waals surface area contributed by atoms with Crippen molar-refractivity contribution in [2.45, 2.75) is 76.1 Å². The number of likely N-dealkylation sites (N-methyl/N-ethyl adjacent to an activating group) is 1. The quantitative estimate of drug-likeness (QED) is 0.170. The summed E-state index contributed by atoms with van der Waals surface area (Å²) in [6.07, 6.45) is -4.77. The highest BCUT2D eigenvalue weighted by molar-refractivity contribution is 5.90. The van der Waals surface area contributed by atoms with Gasteiger partial charge >= 0.3 is 12.1 Å². The molecule has 0 saturated carbocycles. The van der Waals surface area contributed by atoms with E-state index in [1.54, 1.807) is 0 Å². The molecule has 2 N–H and O–H groups in total.